The van der Waals surface area contributed by atoms with Crippen LogP contribution in [0.5, 0.6) is 0 Å². The normalized spacial score (nSPS) is 19.1. The molecule has 1 amide bonds. The second-order valence-corrected chi connectivity index (χ2v) is 10.2. The maximum atomic E-state index is 12.7. The number of carbonyl (C=O) groups is 1. The summed E-state index contributed by atoms with van der Waals surface area (Å²) in [5.41, 5.74) is 3.85. The van der Waals surface area contributed by atoms with Crippen LogP contribution in [0.25, 0.3) is 11.3 Å². The van der Waals surface area contributed by atoms with E-state index in [9.17, 15) is 15.0 Å². The molecule has 3 aromatic rings. The van der Waals surface area contributed by atoms with Crippen molar-refractivity contribution in [3.05, 3.63) is 62.9 Å². The molecular weight excluding hydrogens is 502 g/mol. The average Bonchev–Trinajstić information content (AvgIpc) is 3.53. The number of nitrogens with zero attached hydrogens (tertiary/aromatic N) is 3. The predicted molar refractivity (Wildman–Crippen MR) is 138 cm³/mol. The van der Waals surface area contributed by atoms with Gasteiger partial charge in [0.25, 0.3) is 0 Å². The molecule has 36 heavy (non-hydrogen) atoms. The first-order valence-electron chi connectivity index (χ1n) is 11.9. The van der Waals surface area contributed by atoms with Gasteiger partial charge in [0.1, 0.15) is 6.23 Å². The van der Waals surface area contributed by atoms with Crippen molar-refractivity contribution < 1.29 is 19.7 Å². The number of thiophene rings is 1. The van der Waals surface area contributed by atoms with Gasteiger partial charge in [0, 0.05) is 36.9 Å². The molecule has 2 aliphatic rings. The summed E-state index contributed by atoms with van der Waals surface area (Å²) in [5.74, 6) is 0.236. The number of carbonyl (C=O) groups excluding carboxylic acids is 1. The van der Waals surface area contributed by atoms with Gasteiger partial charge in [0.2, 0.25) is 11.9 Å². The fraction of sp³-hybridized carbons (Fsp3) is 0.400. The van der Waals surface area contributed by atoms with Gasteiger partial charge >= 0.3 is 0 Å². The van der Waals surface area contributed by atoms with Crippen LogP contribution < -0.4 is 10.6 Å². The zero-order valence-electron chi connectivity index (χ0n) is 19.6. The number of amides is 1. The van der Waals surface area contributed by atoms with E-state index in [1.807, 2.05) is 35.0 Å². The number of fused-ring (bicyclic) bond motifs is 1. The molecule has 4 N–H and O–H groups in total. The van der Waals surface area contributed by atoms with Crippen LogP contribution in [0.4, 0.5) is 5.95 Å². The largest absolute Gasteiger partial charge is 0.394 e. The van der Waals surface area contributed by atoms with Crippen molar-refractivity contribution >= 4 is 34.8 Å². The van der Waals surface area contributed by atoms with E-state index in [0.717, 1.165) is 29.5 Å². The average molecular weight is 530 g/mol. The van der Waals surface area contributed by atoms with Crippen LogP contribution in [-0.4, -0.2) is 63.4 Å². The van der Waals surface area contributed by atoms with Gasteiger partial charge in [0.05, 0.1) is 36.1 Å². The Hall–Kier alpha value is -2.60. The molecule has 2 aliphatic heterocycles. The highest BCUT2D eigenvalue weighted by Crippen LogP contribution is 2.36. The number of aromatic nitrogens is 2. The van der Waals surface area contributed by atoms with E-state index in [4.69, 9.17) is 16.3 Å². The highest BCUT2D eigenvalue weighted by atomic mass is 35.5. The molecule has 1 fully saturated rings. The number of aliphatic hydroxyl groups is 2. The molecule has 1 unspecified atom stereocenters. The molecule has 2 aromatic heterocycles. The number of aliphatic hydroxyl groups excluding tert-OH is 2. The smallest absolute Gasteiger partial charge is 0.234 e. The molecule has 5 rings (SSSR count). The van der Waals surface area contributed by atoms with Crippen molar-refractivity contribution in [2.45, 2.75) is 37.7 Å². The van der Waals surface area contributed by atoms with E-state index in [-0.39, 0.29) is 25.1 Å². The number of benzene rings is 1. The Balaban J connectivity index is 1.28. The van der Waals surface area contributed by atoms with E-state index < -0.39 is 12.3 Å². The van der Waals surface area contributed by atoms with Crippen molar-refractivity contribution in [1.82, 2.24) is 20.2 Å². The summed E-state index contributed by atoms with van der Waals surface area (Å²) in [6.45, 7) is 1.66. The Kier molecular flexibility index (Phi) is 7.80. The lowest BCUT2D eigenvalue weighted by Crippen LogP contribution is -2.39. The maximum Gasteiger partial charge on any atom is 0.234 e. The Morgan fingerprint density at radius 2 is 2.14 bits per heavy atom. The zero-order chi connectivity index (χ0) is 25.1. The van der Waals surface area contributed by atoms with Crippen molar-refractivity contribution in [2.24, 2.45) is 0 Å². The Bertz CT molecular complexity index is 1210. The van der Waals surface area contributed by atoms with Gasteiger partial charge in [-0.2, -0.15) is 11.3 Å². The van der Waals surface area contributed by atoms with Gasteiger partial charge in [-0.05, 0) is 46.9 Å². The van der Waals surface area contributed by atoms with Gasteiger partial charge in [-0.25, -0.2) is 9.97 Å². The van der Waals surface area contributed by atoms with Crippen LogP contribution in [0.1, 0.15) is 41.8 Å². The molecule has 9 nitrogen and oxygen atoms in total. The Morgan fingerprint density at radius 1 is 1.31 bits per heavy atom. The number of hydrogen-bond acceptors (Lipinski definition) is 9. The van der Waals surface area contributed by atoms with Gasteiger partial charge < -0.3 is 25.6 Å². The Morgan fingerprint density at radius 3 is 2.89 bits per heavy atom. The summed E-state index contributed by atoms with van der Waals surface area (Å²) in [6, 6.07) is 7.36. The summed E-state index contributed by atoms with van der Waals surface area (Å²) in [4.78, 5) is 23.3. The van der Waals surface area contributed by atoms with Gasteiger partial charge in [-0.3, -0.25) is 9.69 Å². The number of nitrogens with one attached hydrogen (secondary N) is 2. The van der Waals surface area contributed by atoms with Crippen molar-refractivity contribution in [3.8, 4) is 11.3 Å². The lowest BCUT2D eigenvalue weighted by atomic mass is 10.0. The molecule has 2 atom stereocenters. The summed E-state index contributed by atoms with van der Waals surface area (Å²) in [7, 11) is 0. The first kappa shape index (κ1) is 25.1. The SMILES string of the molecule is O=C(CN1Cc2ccc(-c3nc(NC4CCOCC4)ncc3Cl)cc2C1O)N[C@H](CO)c1ccsc1. The Labute approximate surface area is 218 Å². The molecule has 0 saturated carbocycles. The van der Waals surface area contributed by atoms with Crippen LogP contribution in [-0.2, 0) is 16.1 Å². The molecule has 0 spiro atoms. The minimum Gasteiger partial charge on any atom is -0.394 e. The van der Waals surface area contributed by atoms with E-state index in [2.05, 4.69) is 20.6 Å². The molecular formula is C25H28ClN5O4S. The van der Waals surface area contributed by atoms with E-state index in [0.29, 0.717) is 42.0 Å². The van der Waals surface area contributed by atoms with Gasteiger partial charge in [0.15, 0.2) is 0 Å². The van der Waals surface area contributed by atoms with E-state index in [1.165, 1.54) is 11.3 Å². The standard InChI is InChI=1S/C25H28ClN5O4S/c26-20-10-27-25(28-18-3-6-35-7-4-18)30-23(20)15-1-2-16-11-31(24(34)19(16)9-15)12-22(33)29-21(13-32)17-5-8-36-14-17/h1-2,5,8-10,14,18,21,24,32,34H,3-4,6-7,11-13H2,(H,29,33)(H,27,28,30)/t21-,24?/m1/s1. The molecule has 190 valence electrons. The number of halogens is 1. The third kappa shape index (κ3) is 5.54. The molecule has 0 radical (unpaired) electrons. The zero-order valence-corrected chi connectivity index (χ0v) is 21.1. The molecule has 1 saturated heterocycles. The highest BCUT2D eigenvalue weighted by molar-refractivity contribution is 7.08. The maximum absolute atomic E-state index is 12.7. The minimum atomic E-state index is -0.945. The lowest BCUT2D eigenvalue weighted by Gasteiger charge is -2.23. The summed E-state index contributed by atoms with van der Waals surface area (Å²) in [5, 5.41) is 31.1. The van der Waals surface area contributed by atoms with Gasteiger partial charge in [-0.1, -0.05) is 23.7 Å². The van der Waals surface area contributed by atoms with E-state index in [1.54, 1.807) is 11.1 Å². The molecule has 1 aromatic carbocycles. The van der Waals surface area contributed by atoms with Crippen molar-refractivity contribution in [1.29, 1.82) is 0 Å². The van der Waals surface area contributed by atoms with Crippen molar-refractivity contribution in [3.63, 3.8) is 0 Å². The highest BCUT2D eigenvalue weighted by Gasteiger charge is 2.31. The van der Waals surface area contributed by atoms with Gasteiger partial charge in [-0.15, -0.1) is 0 Å². The third-order valence-corrected chi connectivity index (χ3v) is 7.50. The number of rotatable bonds is 8. The third-order valence-electron chi connectivity index (χ3n) is 6.53. The minimum absolute atomic E-state index is 0.000743. The van der Waals surface area contributed by atoms with E-state index >= 15 is 0 Å². The second-order valence-electron chi connectivity index (χ2n) is 8.97. The number of hydrogen-bond donors (Lipinski definition) is 4. The number of ether oxygens (including phenoxy) is 1. The fourth-order valence-corrected chi connectivity index (χ4v) is 5.48. The quantitative estimate of drug-likeness (QED) is 0.351. The van der Waals surface area contributed by atoms with Crippen LogP contribution in [0.2, 0.25) is 5.02 Å². The van der Waals surface area contributed by atoms with Crippen LogP contribution >= 0.6 is 22.9 Å². The van der Waals surface area contributed by atoms with Crippen LogP contribution in [0.3, 0.4) is 0 Å². The predicted octanol–water partition coefficient (Wildman–Crippen LogP) is 3.11. The van der Waals surface area contributed by atoms with Crippen LogP contribution in [0, 0.1) is 0 Å². The summed E-state index contributed by atoms with van der Waals surface area (Å²) < 4.78 is 5.41. The summed E-state index contributed by atoms with van der Waals surface area (Å²) >= 11 is 7.95. The molecule has 4 heterocycles. The molecule has 11 heteroatoms. The molecule has 0 aliphatic carbocycles. The first-order chi connectivity index (χ1) is 17.5. The number of anilines is 1. The summed E-state index contributed by atoms with van der Waals surface area (Å²) in [6.07, 6.45) is 2.42. The molecule has 0 bridgehead atoms. The fourth-order valence-electron chi connectivity index (χ4n) is 4.57. The van der Waals surface area contributed by atoms with Crippen molar-refractivity contribution in [2.75, 3.05) is 31.7 Å². The monoisotopic (exact) mass is 529 g/mol. The topological polar surface area (TPSA) is 120 Å². The first-order valence-corrected chi connectivity index (χ1v) is 13.2. The second kappa shape index (κ2) is 11.2. The lowest BCUT2D eigenvalue weighted by molar-refractivity contribution is -0.126. The van der Waals surface area contributed by atoms with Crippen LogP contribution in [0.15, 0.2) is 41.2 Å².